The molecule has 0 unspecified atom stereocenters. The number of aryl methyl sites for hydroxylation is 1. The van der Waals surface area contributed by atoms with Gasteiger partial charge in [-0.3, -0.25) is 0 Å². The van der Waals surface area contributed by atoms with Crippen LogP contribution >= 0.6 is 0 Å². The van der Waals surface area contributed by atoms with Gasteiger partial charge in [0.15, 0.2) is 0 Å². The molecule has 0 atom stereocenters. The number of nitrogens with one attached hydrogen (secondary N) is 1. The highest BCUT2D eigenvalue weighted by Crippen LogP contribution is 2.15. The fourth-order valence-corrected chi connectivity index (χ4v) is 2.62. The molecule has 0 saturated carbocycles. The van der Waals surface area contributed by atoms with Gasteiger partial charge >= 0.3 is 6.03 Å². The van der Waals surface area contributed by atoms with Crippen molar-refractivity contribution in [2.75, 3.05) is 36.4 Å². The first-order valence-corrected chi connectivity index (χ1v) is 7.89. The van der Waals surface area contributed by atoms with Crippen molar-refractivity contribution >= 4 is 17.5 Å². The molecule has 6 heteroatoms. The molecule has 3 rings (SSSR count). The molecule has 1 saturated heterocycles. The third-order valence-corrected chi connectivity index (χ3v) is 4.07. The summed E-state index contributed by atoms with van der Waals surface area (Å²) in [5, 5.41) is 11.7. The Hall–Kier alpha value is -3.07. The number of hydrogen-bond donors (Lipinski definition) is 1. The minimum atomic E-state index is -0.0775. The number of hydrogen-bond acceptors (Lipinski definition) is 4. The number of rotatable bonds is 2. The largest absolute Gasteiger partial charge is 0.353 e. The summed E-state index contributed by atoms with van der Waals surface area (Å²) in [5.74, 6) is 0.840. The maximum atomic E-state index is 12.3. The van der Waals surface area contributed by atoms with Crippen molar-refractivity contribution in [1.29, 1.82) is 5.26 Å². The molecular weight excluding hydrogens is 302 g/mol. The Balaban J connectivity index is 1.55. The third kappa shape index (κ3) is 3.63. The molecule has 1 aliphatic heterocycles. The third-order valence-electron chi connectivity index (χ3n) is 4.07. The van der Waals surface area contributed by atoms with E-state index in [1.165, 1.54) is 0 Å². The Morgan fingerprint density at radius 3 is 2.42 bits per heavy atom. The van der Waals surface area contributed by atoms with Gasteiger partial charge in [0, 0.05) is 38.1 Å². The number of piperazine rings is 1. The molecule has 1 N–H and O–H groups in total. The Bertz CT molecular complexity index is 740. The molecule has 1 aromatic carbocycles. The smallest absolute Gasteiger partial charge is 0.321 e. The van der Waals surface area contributed by atoms with Crippen molar-refractivity contribution in [2.24, 2.45) is 0 Å². The van der Waals surface area contributed by atoms with Gasteiger partial charge in [0.1, 0.15) is 11.9 Å². The predicted molar refractivity (Wildman–Crippen MR) is 92.9 cm³/mol. The van der Waals surface area contributed by atoms with Gasteiger partial charge in [-0.1, -0.05) is 17.7 Å². The monoisotopic (exact) mass is 321 g/mol. The molecule has 0 spiro atoms. The van der Waals surface area contributed by atoms with Crippen molar-refractivity contribution < 1.29 is 4.79 Å². The molecule has 122 valence electrons. The lowest BCUT2D eigenvalue weighted by atomic mass is 10.2. The van der Waals surface area contributed by atoms with Gasteiger partial charge in [-0.25, -0.2) is 9.78 Å². The summed E-state index contributed by atoms with van der Waals surface area (Å²) in [7, 11) is 0. The molecule has 24 heavy (non-hydrogen) atoms. The minimum Gasteiger partial charge on any atom is -0.353 e. The Morgan fingerprint density at radius 1 is 1.12 bits per heavy atom. The van der Waals surface area contributed by atoms with Crippen LogP contribution in [0.3, 0.4) is 0 Å². The highest BCUT2D eigenvalue weighted by atomic mass is 16.2. The van der Waals surface area contributed by atoms with Crippen molar-refractivity contribution in [3.63, 3.8) is 0 Å². The fraction of sp³-hybridized carbons (Fsp3) is 0.278. The number of nitriles is 1. The van der Waals surface area contributed by atoms with E-state index in [0.29, 0.717) is 18.7 Å². The van der Waals surface area contributed by atoms with E-state index in [9.17, 15) is 4.79 Å². The van der Waals surface area contributed by atoms with Crippen LogP contribution in [-0.4, -0.2) is 42.1 Å². The highest BCUT2D eigenvalue weighted by molar-refractivity contribution is 5.89. The number of nitrogens with zero attached hydrogens (tertiary/aromatic N) is 4. The van der Waals surface area contributed by atoms with Crippen LogP contribution in [0, 0.1) is 18.3 Å². The summed E-state index contributed by atoms with van der Waals surface area (Å²) in [6.07, 6.45) is 1.58. The lowest BCUT2D eigenvalue weighted by Gasteiger charge is -2.35. The molecule has 0 radical (unpaired) electrons. The van der Waals surface area contributed by atoms with E-state index in [4.69, 9.17) is 5.26 Å². The van der Waals surface area contributed by atoms with E-state index in [1.54, 1.807) is 17.2 Å². The molecule has 2 heterocycles. The minimum absolute atomic E-state index is 0.0775. The summed E-state index contributed by atoms with van der Waals surface area (Å²) in [6, 6.07) is 13.4. The van der Waals surface area contributed by atoms with E-state index in [1.807, 2.05) is 37.3 Å². The first-order chi connectivity index (χ1) is 11.7. The topological polar surface area (TPSA) is 72.3 Å². The summed E-state index contributed by atoms with van der Waals surface area (Å²) >= 11 is 0. The van der Waals surface area contributed by atoms with Crippen LogP contribution in [0.1, 0.15) is 11.1 Å². The Morgan fingerprint density at radius 2 is 1.83 bits per heavy atom. The first kappa shape index (κ1) is 15.8. The van der Waals surface area contributed by atoms with Crippen molar-refractivity contribution in [3.05, 3.63) is 53.7 Å². The van der Waals surface area contributed by atoms with Crippen LogP contribution < -0.4 is 10.2 Å². The molecule has 2 aromatic rings. The molecule has 6 nitrogen and oxygen atoms in total. The second-order valence-corrected chi connectivity index (χ2v) is 5.79. The van der Waals surface area contributed by atoms with Gasteiger partial charge in [0.05, 0.1) is 5.56 Å². The summed E-state index contributed by atoms with van der Waals surface area (Å²) in [5.41, 5.74) is 2.52. The molecule has 1 aromatic heterocycles. The molecule has 1 aliphatic rings. The summed E-state index contributed by atoms with van der Waals surface area (Å²) in [4.78, 5) is 20.6. The zero-order valence-electron chi connectivity index (χ0n) is 13.6. The van der Waals surface area contributed by atoms with Crippen molar-refractivity contribution in [3.8, 4) is 6.07 Å². The van der Waals surface area contributed by atoms with Gasteiger partial charge in [0.25, 0.3) is 0 Å². The SMILES string of the molecule is Cc1ccc(NC(=O)N2CCN(c3ccc(C#N)cn3)CC2)cc1. The second-order valence-electron chi connectivity index (χ2n) is 5.79. The average molecular weight is 321 g/mol. The van der Waals surface area contributed by atoms with Crippen LogP contribution in [0.15, 0.2) is 42.6 Å². The van der Waals surface area contributed by atoms with E-state index < -0.39 is 0 Å². The number of carbonyl (C=O) groups excluding carboxylic acids is 1. The van der Waals surface area contributed by atoms with Crippen LogP contribution in [-0.2, 0) is 0 Å². The normalized spacial score (nSPS) is 14.2. The standard InChI is InChI=1S/C18H19N5O/c1-14-2-5-16(6-3-14)21-18(24)23-10-8-22(9-11-23)17-7-4-15(12-19)13-20-17/h2-7,13H,8-11H2,1H3,(H,21,24). The van der Waals surface area contributed by atoms with E-state index in [-0.39, 0.29) is 6.03 Å². The predicted octanol–water partition coefficient (Wildman–Crippen LogP) is 2.62. The average Bonchev–Trinajstić information content (AvgIpc) is 2.64. The Labute approximate surface area is 141 Å². The van der Waals surface area contributed by atoms with Gasteiger partial charge in [-0.15, -0.1) is 0 Å². The lowest BCUT2D eigenvalue weighted by Crippen LogP contribution is -2.50. The van der Waals surface area contributed by atoms with Gasteiger partial charge < -0.3 is 15.1 Å². The van der Waals surface area contributed by atoms with Crippen LogP contribution in [0.5, 0.6) is 0 Å². The quantitative estimate of drug-likeness (QED) is 0.923. The summed E-state index contributed by atoms with van der Waals surface area (Å²) < 4.78 is 0. The maximum absolute atomic E-state index is 12.3. The maximum Gasteiger partial charge on any atom is 0.321 e. The number of carbonyl (C=O) groups is 1. The fourth-order valence-electron chi connectivity index (χ4n) is 2.62. The van der Waals surface area contributed by atoms with E-state index in [0.717, 1.165) is 30.2 Å². The van der Waals surface area contributed by atoms with Gasteiger partial charge in [0.2, 0.25) is 0 Å². The van der Waals surface area contributed by atoms with E-state index >= 15 is 0 Å². The van der Waals surface area contributed by atoms with Crippen LogP contribution in [0.2, 0.25) is 0 Å². The number of amides is 2. The van der Waals surface area contributed by atoms with Gasteiger partial charge in [-0.05, 0) is 31.2 Å². The number of urea groups is 1. The lowest BCUT2D eigenvalue weighted by molar-refractivity contribution is 0.208. The highest BCUT2D eigenvalue weighted by Gasteiger charge is 2.21. The molecule has 1 fully saturated rings. The zero-order valence-corrected chi connectivity index (χ0v) is 13.6. The molecular formula is C18H19N5O. The Kier molecular flexibility index (Phi) is 4.62. The van der Waals surface area contributed by atoms with E-state index in [2.05, 4.69) is 21.3 Å². The van der Waals surface area contributed by atoms with Crippen molar-refractivity contribution in [1.82, 2.24) is 9.88 Å². The number of benzene rings is 1. The second kappa shape index (κ2) is 7.01. The van der Waals surface area contributed by atoms with Crippen molar-refractivity contribution in [2.45, 2.75) is 6.92 Å². The molecule has 0 aliphatic carbocycles. The molecule has 2 amide bonds. The number of pyridine rings is 1. The zero-order chi connectivity index (χ0) is 16.9. The van der Waals surface area contributed by atoms with Crippen LogP contribution in [0.25, 0.3) is 0 Å². The molecule has 0 bridgehead atoms. The van der Waals surface area contributed by atoms with Gasteiger partial charge in [-0.2, -0.15) is 5.26 Å². The summed E-state index contributed by atoms with van der Waals surface area (Å²) in [6.45, 7) is 4.74. The number of aromatic nitrogens is 1. The van der Waals surface area contributed by atoms with Crippen LogP contribution in [0.4, 0.5) is 16.3 Å². The number of anilines is 2. The first-order valence-electron chi connectivity index (χ1n) is 7.89.